The number of pyridine rings is 1. The lowest BCUT2D eigenvalue weighted by atomic mass is 10.2. The number of nitrogens with two attached hydrogens (primary N) is 1. The molecule has 1 aromatic carbocycles. The van der Waals surface area contributed by atoms with Crippen LogP contribution in [-0.2, 0) is 13.1 Å². The molecule has 0 atom stereocenters. The van der Waals surface area contributed by atoms with Crippen LogP contribution in [-0.4, -0.2) is 23.0 Å². The molecule has 1 aromatic heterocycles. The molecule has 0 aliphatic carbocycles. The largest absolute Gasteiger partial charge is 0.330 e. The van der Waals surface area contributed by atoms with Crippen LogP contribution in [0.25, 0.3) is 0 Å². The summed E-state index contributed by atoms with van der Waals surface area (Å²) in [6.45, 7) is 3.49. The first kappa shape index (κ1) is 15.2. The molecule has 0 saturated carbocycles. The summed E-state index contributed by atoms with van der Waals surface area (Å²) in [6, 6.07) is 14.6. The summed E-state index contributed by atoms with van der Waals surface area (Å²) in [5.74, 6) is 0. The zero-order valence-electron chi connectivity index (χ0n) is 11.5. The third-order valence-electron chi connectivity index (χ3n) is 3.10. The fourth-order valence-electron chi connectivity index (χ4n) is 2.10. The Bertz CT molecular complexity index is 499. The van der Waals surface area contributed by atoms with Crippen molar-refractivity contribution >= 4 is 15.9 Å². The predicted molar refractivity (Wildman–Crippen MR) is 86.2 cm³/mol. The van der Waals surface area contributed by atoms with Crippen molar-refractivity contribution in [2.45, 2.75) is 19.5 Å². The quantitative estimate of drug-likeness (QED) is 0.846. The summed E-state index contributed by atoms with van der Waals surface area (Å²) in [4.78, 5) is 6.84. The van der Waals surface area contributed by atoms with Gasteiger partial charge in [0.25, 0.3) is 0 Å². The van der Waals surface area contributed by atoms with E-state index < -0.39 is 0 Å². The van der Waals surface area contributed by atoms with E-state index >= 15 is 0 Å². The first-order valence-corrected chi connectivity index (χ1v) is 7.64. The SMILES string of the molecule is NCCCN(Cc1ccccc1)Cc1ccc(Br)cn1. The smallest absolute Gasteiger partial charge is 0.0544 e. The molecule has 0 bridgehead atoms. The molecule has 0 spiro atoms. The maximum absolute atomic E-state index is 5.63. The zero-order chi connectivity index (χ0) is 14.2. The van der Waals surface area contributed by atoms with E-state index in [0.29, 0.717) is 0 Å². The number of nitrogens with zero attached hydrogens (tertiary/aromatic N) is 2. The molecule has 1 heterocycles. The lowest BCUT2D eigenvalue weighted by molar-refractivity contribution is 0.252. The molecular formula is C16H20BrN3. The van der Waals surface area contributed by atoms with Gasteiger partial charge in [0.1, 0.15) is 0 Å². The predicted octanol–water partition coefficient (Wildman–Crippen LogP) is 3.20. The number of rotatable bonds is 7. The summed E-state index contributed by atoms with van der Waals surface area (Å²) >= 11 is 3.41. The third-order valence-corrected chi connectivity index (χ3v) is 3.57. The minimum Gasteiger partial charge on any atom is -0.330 e. The number of aromatic nitrogens is 1. The minimum absolute atomic E-state index is 0.721. The summed E-state index contributed by atoms with van der Waals surface area (Å²) in [5, 5.41) is 0. The van der Waals surface area contributed by atoms with E-state index in [1.807, 2.05) is 18.3 Å². The number of hydrogen-bond acceptors (Lipinski definition) is 3. The van der Waals surface area contributed by atoms with Crippen molar-refractivity contribution in [2.75, 3.05) is 13.1 Å². The molecule has 0 fully saturated rings. The first-order valence-electron chi connectivity index (χ1n) is 6.84. The van der Waals surface area contributed by atoms with Crippen molar-refractivity contribution in [3.63, 3.8) is 0 Å². The van der Waals surface area contributed by atoms with Crippen LogP contribution in [0.2, 0.25) is 0 Å². The van der Waals surface area contributed by atoms with Gasteiger partial charge in [-0.25, -0.2) is 0 Å². The van der Waals surface area contributed by atoms with Crippen molar-refractivity contribution in [3.05, 3.63) is 64.4 Å². The summed E-state index contributed by atoms with van der Waals surface area (Å²) in [6.07, 6.45) is 2.85. The van der Waals surface area contributed by atoms with Gasteiger partial charge in [0.15, 0.2) is 0 Å². The number of benzene rings is 1. The first-order chi connectivity index (χ1) is 9.78. The highest BCUT2D eigenvalue weighted by atomic mass is 79.9. The van der Waals surface area contributed by atoms with Gasteiger partial charge in [0, 0.05) is 30.3 Å². The Kier molecular flexibility index (Phi) is 6.18. The molecule has 2 aromatic rings. The van der Waals surface area contributed by atoms with Crippen LogP contribution in [0.15, 0.2) is 53.1 Å². The highest BCUT2D eigenvalue weighted by Crippen LogP contribution is 2.12. The van der Waals surface area contributed by atoms with Crippen LogP contribution in [0.1, 0.15) is 17.7 Å². The van der Waals surface area contributed by atoms with E-state index in [0.717, 1.165) is 42.8 Å². The van der Waals surface area contributed by atoms with Crippen LogP contribution < -0.4 is 5.73 Å². The summed E-state index contributed by atoms with van der Waals surface area (Å²) in [5.41, 5.74) is 8.04. The lowest BCUT2D eigenvalue weighted by Gasteiger charge is -2.21. The Hall–Kier alpha value is -1.23. The molecule has 0 aliphatic heterocycles. The molecule has 0 radical (unpaired) electrons. The molecular weight excluding hydrogens is 314 g/mol. The average molecular weight is 334 g/mol. The van der Waals surface area contributed by atoms with Crippen molar-refractivity contribution in [1.29, 1.82) is 0 Å². The Morgan fingerprint density at radius 2 is 1.85 bits per heavy atom. The lowest BCUT2D eigenvalue weighted by Crippen LogP contribution is -2.26. The van der Waals surface area contributed by atoms with E-state index in [-0.39, 0.29) is 0 Å². The van der Waals surface area contributed by atoms with Crippen molar-refractivity contribution in [1.82, 2.24) is 9.88 Å². The molecule has 2 rings (SSSR count). The van der Waals surface area contributed by atoms with Gasteiger partial charge < -0.3 is 5.73 Å². The second-order valence-electron chi connectivity index (χ2n) is 4.81. The molecule has 0 aliphatic rings. The second kappa shape index (κ2) is 8.15. The van der Waals surface area contributed by atoms with Gasteiger partial charge in [-0.2, -0.15) is 0 Å². The van der Waals surface area contributed by atoms with Gasteiger partial charge in [-0.3, -0.25) is 9.88 Å². The molecule has 0 amide bonds. The van der Waals surface area contributed by atoms with E-state index in [9.17, 15) is 0 Å². The molecule has 106 valence electrons. The maximum atomic E-state index is 5.63. The molecule has 4 heteroatoms. The maximum Gasteiger partial charge on any atom is 0.0544 e. The Morgan fingerprint density at radius 3 is 2.50 bits per heavy atom. The Balaban J connectivity index is 2.01. The summed E-state index contributed by atoms with van der Waals surface area (Å²) < 4.78 is 1.01. The van der Waals surface area contributed by atoms with Gasteiger partial charge in [0.2, 0.25) is 0 Å². The van der Waals surface area contributed by atoms with E-state index in [1.165, 1.54) is 5.56 Å². The fraction of sp³-hybridized carbons (Fsp3) is 0.312. The van der Waals surface area contributed by atoms with Crippen molar-refractivity contribution < 1.29 is 0 Å². The fourth-order valence-corrected chi connectivity index (χ4v) is 2.33. The topological polar surface area (TPSA) is 42.1 Å². The molecule has 0 unspecified atom stereocenters. The van der Waals surface area contributed by atoms with E-state index in [2.05, 4.69) is 56.1 Å². The van der Waals surface area contributed by atoms with E-state index in [1.54, 1.807) is 0 Å². The highest BCUT2D eigenvalue weighted by Gasteiger charge is 2.07. The highest BCUT2D eigenvalue weighted by molar-refractivity contribution is 9.10. The molecule has 2 N–H and O–H groups in total. The molecule has 20 heavy (non-hydrogen) atoms. The van der Waals surface area contributed by atoms with Gasteiger partial charge in [-0.05, 0) is 46.6 Å². The van der Waals surface area contributed by atoms with Gasteiger partial charge in [0.05, 0.1) is 5.69 Å². The van der Waals surface area contributed by atoms with Crippen LogP contribution in [0.4, 0.5) is 0 Å². The van der Waals surface area contributed by atoms with Crippen LogP contribution >= 0.6 is 15.9 Å². The van der Waals surface area contributed by atoms with E-state index in [4.69, 9.17) is 5.73 Å². The Labute approximate surface area is 129 Å². The third kappa shape index (κ3) is 5.04. The minimum atomic E-state index is 0.721. The second-order valence-corrected chi connectivity index (χ2v) is 5.72. The Morgan fingerprint density at radius 1 is 1.05 bits per heavy atom. The number of hydrogen-bond donors (Lipinski definition) is 1. The van der Waals surface area contributed by atoms with Gasteiger partial charge in [-0.15, -0.1) is 0 Å². The van der Waals surface area contributed by atoms with Crippen LogP contribution in [0.5, 0.6) is 0 Å². The number of halogens is 1. The monoisotopic (exact) mass is 333 g/mol. The molecule has 0 saturated heterocycles. The molecule has 3 nitrogen and oxygen atoms in total. The van der Waals surface area contributed by atoms with Crippen molar-refractivity contribution in [3.8, 4) is 0 Å². The van der Waals surface area contributed by atoms with Crippen molar-refractivity contribution in [2.24, 2.45) is 5.73 Å². The van der Waals surface area contributed by atoms with Crippen LogP contribution in [0.3, 0.4) is 0 Å². The van der Waals surface area contributed by atoms with Gasteiger partial charge in [-0.1, -0.05) is 30.3 Å². The van der Waals surface area contributed by atoms with Crippen LogP contribution in [0, 0.1) is 0 Å². The standard InChI is InChI=1S/C16H20BrN3/c17-15-7-8-16(19-11-15)13-20(10-4-9-18)12-14-5-2-1-3-6-14/h1-3,5-8,11H,4,9-10,12-13,18H2. The normalized spacial score (nSPS) is 10.9. The zero-order valence-corrected chi connectivity index (χ0v) is 13.1. The van der Waals surface area contributed by atoms with Gasteiger partial charge >= 0.3 is 0 Å². The average Bonchev–Trinajstić information content (AvgIpc) is 2.48. The summed E-state index contributed by atoms with van der Waals surface area (Å²) in [7, 11) is 0.